The number of terminal acetylenes is 1. The van der Waals surface area contributed by atoms with Crippen LogP contribution >= 0.6 is 0 Å². The Kier molecular flexibility index (Phi) is 43.4. The number of nitrogens with one attached hydrogen (secondary N) is 1. The minimum atomic E-state index is -0.0333. The smallest absolute Gasteiger partial charge is 0.222 e. The maximum Gasteiger partial charge on any atom is 0.222 e. The molecule has 0 fully saturated rings. The van der Waals surface area contributed by atoms with Crippen LogP contribution in [0.1, 0.15) is 6.42 Å². The van der Waals surface area contributed by atoms with Gasteiger partial charge in [0.1, 0.15) is 6.61 Å². The van der Waals surface area contributed by atoms with Gasteiger partial charge in [0.2, 0.25) is 5.91 Å². The van der Waals surface area contributed by atoms with E-state index < -0.39 is 0 Å². The molecule has 12 heteroatoms. The van der Waals surface area contributed by atoms with Crippen molar-refractivity contribution >= 4 is 5.91 Å². The van der Waals surface area contributed by atoms with Crippen molar-refractivity contribution in [2.75, 3.05) is 127 Å². The average Bonchev–Trinajstić information content (AvgIpc) is 2.90. The maximum absolute atomic E-state index is 11.0. The van der Waals surface area contributed by atoms with E-state index in [4.69, 9.17) is 44.3 Å². The second kappa shape index (κ2) is 39.8. The number of amides is 1. The van der Waals surface area contributed by atoms with E-state index in [0.29, 0.717) is 112 Å². The van der Waals surface area contributed by atoms with E-state index in [0.717, 1.165) is 0 Å². The van der Waals surface area contributed by atoms with Crippen LogP contribution < -0.4 is 16.8 Å². The van der Waals surface area contributed by atoms with Crippen LogP contribution in [0.5, 0.6) is 0 Å². The van der Waals surface area contributed by atoms with Gasteiger partial charge in [0.15, 0.2) is 0 Å². The molecule has 35 heavy (non-hydrogen) atoms. The molecule has 0 atom stereocenters. The van der Waals surface area contributed by atoms with Crippen molar-refractivity contribution in [3.63, 3.8) is 0 Å². The Morgan fingerprint density at radius 1 is 0.571 bits per heavy atom. The first-order chi connectivity index (χ1) is 17.3. The van der Waals surface area contributed by atoms with Crippen molar-refractivity contribution in [1.29, 1.82) is 0 Å². The van der Waals surface area contributed by atoms with E-state index in [1.54, 1.807) is 7.05 Å². The number of nitrogens with two attached hydrogens (primary N) is 2. The third-order valence-electron chi connectivity index (χ3n) is 3.54. The summed E-state index contributed by atoms with van der Waals surface area (Å²) in [7, 11) is 4.60. The molecule has 0 aromatic carbocycles. The molecule has 5 N–H and O–H groups in total. The van der Waals surface area contributed by atoms with Crippen molar-refractivity contribution in [3.8, 4) is 12.3 Å². The number of ether oxygens (including phenoxy) is 8. The van der Waals surface area contributed by atoms with Crippen LogP contribution in [0.3, 0.4) is 0 Å². The highest BCUT2D eigenvalue weighted by Crippen LogP contribution is 1.86. The Labute approximate surface area is 211 Å². The zero-order valence-corrected chi connectivity index (χ0v) is 21.9. The highest BCUT2D eigenvalue weighted by atomic mass is 16.6. The van der Waals surface area contributed by atoms with Crippen molar-refractivity contribution in [3.05, 3.63) is 0 Å². The van der Waals surface area contributed by atoms with Gasteiger partial charge in [-0.2, -0.15) is 0 Å². The molecule has 0 radical (unpaired) electrons. The zero-order valence-electron chi connectivity index (χ0n) is 21.9. The predicted molar refractivity (Wildman–Crippen MR) is 134 cm³/mol. The minimum absolute atomic E-state index is 0.0333. The number of carbonyl (C=O) groups is 1. The molecule has 0 aromatic heterocycles. The van der Waals surface area contributed by atoms with E-state index in [2.05, 4.69) is 22.7 Å². The highest BCUT2D eigenvalue weighted by Gasteiger charge is 1.97. The van der Waals surface area contributed by atoms with Crippen molar-refractivity contribution < 1.29 is 42.7 Å². The highest BCUT2D eigenvalue weighted by molar-refractivity contribution is 5.75. The Balaban J connectivity index is -0.00000242. The Bertz CT molecular complexity index is 428. The third kappa shape index (κ3) is 40.1. The SMILES string of the molecule is C#CCOCCOCCOCCOCCOCCOCCOCCOCCC(=O)NC.CN.CN. The van der Waals surface area contributed by atoms with Crippen molar-refractivity contribution in [1.82, 2.24) is 5.32 Å². The van der Waals surface area contributed by atoms with E-state index in [1.165, 1.54) is 14.1 Å². The lowest BCUT2D eigenvalue weighted by atomic mass is 10.4. The van der Waals surface area contributed by atoms with Crippen LogP contribution in [-0.2, 0) is 42.7 Å². The van der Waals surface area contributed by atoms with Gasteiger partial charge in [-0.15, -0.1) is 6.42 Å². The standard InChI is InChI=1S/C21H39NO9.2CH5N/c1-3-5-24-7-9-26-11-13-28-15-17-30-19-20-31-18-16-29-14-12-27-10-8-25-6-4-21(23)22-2;2*1-2/h1H,4-20H2,2H3,(H,22,23);2*2H2,1H3. The molecule has 0 saturated carbocycles. The second-order valence-electron chi connectivity index (χ2n) is 5.97. The summed E-state index contributed by atoms with van der Waals surface area (Å²) in [6, 6.07) is 0. The molecular formula is C23H49N3O9. The average molecular weight is 512 g/mol. The van der Waals surface area contributed by atoms with Crippen molar-refractivity contribution in [2.45, 2.75) is 6.42 Å². The van der Waals surface area contributed by atoms with Gasteiger partial charge in [0, 0.05) is 13.5 Å². The number of carbonyl (C=O) groups excluding carboxylic acids is 1. The molecular weight excluding hydrogens is 462 g/mol. The molecule has 0 unspecified atom stereocenters. The molecule has 0 aliphatic rings. The number of hydrogen-bond donors (Lipinski definition) is 3. The van der Waals surface area contributed by atoms with Gasteiger partial charge in [-0.1, -0.05) is 5.92 Å². The molecule has 0 rings (SSSR count). The number of rotatable bonds is 25. The van der Waals surface area contributed by atoms with E-state index in [1.807, 2.05) is 0 Å². The summed E-state index contributed by atoms with van der Waals surface area (Å²) in [5.74, 6) is 2.36. The molecule has 210 valence electrons. The molecule has 0 aliphatic heterocycles. The molecule has 1 amide bonds. The summed E-state index contributed by atoms with van der Waals surface area (Å²) >= 11 is 0. The monoisotopic (exact) mass is 511 g/mol. The van der Waals surface area contributed by atoms with Crippen LogP contribution in [0.25, 0.3) is 0 Å². The lowest BCUT2D eigenvalue weighted by Crippen LogP contribution is -2.20. The first-order valence-electron chi connectivity index (χ1n) is 11.7. The van der Waals surface area contributed by atoms with Crippen LogP contribution in [0.15, 0.2) is 0 Å². The summed E-state index contributed by atoms with van der Waals surface area (Å²) < 4.78 is 42.6. The van der Waals surface area contributed by atoms with Gasteiger partial charge in [-0.05, 0) is 14.1 Å². The van der Waals surface area contributed by atoms with Gasteiger partial charge in [-0.3, -0.25) is 4.79 Å². The fourth-order valence-electron chi connectivity index (χ4n) is 1.96. The first-order valence-corrected chi connectivity index (χ1v) is 11.7. The maximum atomic E-state index is 11.0. The summed E-state index contributed by atoms with van der Waals surface area (Å²) in [5.41, 5.74) is 9.00. The van der Waals surface area contributed by atoms with E-state index in [-0.39, 0.29) is 5.91 Å². The van der Waals surface area contributed by atoms with E-state index >= 15 is 0 Å². The lowest BCUT2D eigenvalue weighted by Gasteiger charge is -2.08. The summed E-state index contributed by atoms with van der Waals surface area (Å²) in [4.78, 5) is 11.0. The number of hydrogen-bond acceptors (Lipinski definition) is 11. The molecule has 0 saturated heterocycles. The quantitative estimate of drug-likeness (QED) is 0.102. The topological polar surface area (TPSA) is 155 Å². The lowest BCUT2D eigenvalue weighted by molar-refractivity contribution is -0.121. The summed E-state index contributed by atoms with van der Waals surface area (Å²) in [6.45, 7) is 7.71. The van der Waals surface area contributed by atoms with Gasteiger partial charge in [0.05, 0.1) is 99.1 Å². The van der Waals surface area contributed by atoms with Crippen LogP contribution in [0.4, 0.5) is 0 Å². The van der Waals surface area contributed by atoms with Crippen LogP contribution in [0, 0.1) is 12.3 Å². The minimum Gasteiger partial charge on any atom is -0.379 e. The van der Waals surface area contributed by atoms with Gasteiger partial charge in [-0.25, -0.2) is 0 Å². The summed E-state index contributed by atoms with van der Waals surface area (Å²) in [5, 5.41) is 2.53. The van der Waals surface area contributed by atoms with Crippen LogP contribution in [0.2, 0.25) is 0 Å². The normalized spacial score (nSPS) is 9.94. The molecule has 0 spiro atoms. The molecule has 0 aromatic rings. The molecule has 0 aliphatic carbocycles. The fraction of sp³-hybridized carbons (Fsp3) is 0.870. The molecule has 12 nitrogen and oxygen atoms in total. The van der Waals surface area contributed by atoms with Gasteiger partial charge < -0.3 is 54.7 Å². The Morgan fingerprint density at radius 2 is 0.829 bits per heavy atom. The first kappa shape index (κ1) is 38.2. The van der Waals surface area contributed by atoms with E-state index in [9.17, 15) is 4.79 Å². The largest absolute Gasteiger partial charge is 0.379 e. The molecule has 0 heterocycles. The Hall–Kier alpha value is -1.37. The fourth-order valence-corrected chi connectivity index (χ4v) is 1.96. The van der Waals surface area contributed by atoms with Crippen molar-refractivity contribution in [2.24, 2.45) is 11.5 Å². The zero-order chi connectivity index (χ0) is 26.7. The Morgan fingerprint density at radius 3 is 1.09 bits per heavy atom. The van der Waals surface area contributed by atoms with Crippen LogP contribution in [-0.4, -0.2) is 133 Å². The third-order valence-corrected chi connectivity index (χ3v) is 3.54. The van der Waals surface area contributed by atoms with Gasteiger partial charge in [0.25, 0.3) is 0 Å². The predicted octanol–water partition coefficient (Wildman–Crippen LogP) is -0.962. The summed E-state index contributed by atoms with van der Waals surface area (Å²) in [6.07, 6.45) is 5.42. The second-order valence-corrected chi connectivity index (χ2v) is 5.97. The van der Waals surface area contributed by atoms with Gasteiger partial charge >= 0.3 is 0 Å². The molecule has 0 bridgehead atoms.